The Hall–Kier alpha value is -2.11. The number of fused-ring (bicyclic) bond motifs is 1. The third-order valence-electron chi connectivity index (χ3n) is 3.38. The first kappa shape index (κ1) is 12.9. The van der Waals surface area contributed by atoms with E-state index in [2.05, 4.69) is 10.1 Å². The Labute approximate surface area is 113 Å². The molecule has 0 aliphatic carbocycles. The molecular formula is C14H11F3N2O. The van der Waals surface area contributed by atoms with Gasteiger partial charge in [-0.3, -0.25) is 4.99 Å². The highest BCUT2D eigenvalue weighted by Crippen LogP contribution is 2.38. The highest BCUT2D eigenvalue weighted by molar-refractivity contribution is 5.95. The van der Waals surface area contributed by atoms with E-state index >= 15 is 0 Å². The summed E-state index contributed by atoms with van der Waals surface area (Å²) < 4.78 is 44.1. The van der Waals surface area contributed by atoms with Crippen LogP contribution < -0.4 is 0 Å². The van der Waals surface area contributed by atoms with Gasteiger partial charge in [-0.05, 0) is 37.1 Å². The van der Waals surface area contributed by atoms with Crippen molar-refractivity contribution in [3.63, 3.8) is 0 Å². The van der Waals surface area contributed by atoms with E-state index in [0.717, 1.165) is 12.1 Å². The minimum atomic E-state index is -4.38. The lowest BCUT2D eigenvalue weighted by molar-refractivity contribution is -0.137. The van der Waals surface area contributed by atoms with Crippen LogP contribution in [0.2, 0.25) is 0 Å². The monoisotopic (exact) mass is 280 g/mol. The summed E-state index contributed by atoms with van der Waals surface area (Å²) in [5.74, 6) is 0.504. The van der Waals surface area contributed by atoms with Gasteiger partial charge in [-0.2, -0.15) is 13.2 Å². The summed E-state index contributed by atoms with van der Waals surface area (Å²) in [7, 11) is 0. The second-order valence-corrected chi connectivity index (χ2v) is 4.76. The maximum atomic E-state index is 13.0. The van der Waals surface area contributed by atoms with Gasteiger partial charge in [0.2, 0.25) is 0 Å². The minimum absolute atomic E-state index is 0.273. The number of alkyl halides is 3. The van der Waals surface area contributed by atoms with Crippen molar-refractivity contribution < 1.29 is 17.7 Å². The molecule has 0 saturated carbocycles. The fraction of sp³-hybridized carbons (Fsp3) is 0.286. The lowest BCUT2D eigenvalue weighted by Crippen LogP contribution is -2.07. The van der Waals surface area contributed by atoms with Gasteiger partial charge in [0.25, 0.3) is 0 Å². The highest BCUT2D eigenvalue weighted by Gasteiger charge is 2.33. The molecule has 0 atom stereocenters. The molecule has 0 saturated heterocycles. The third-order valence-corrected chi connectivity index (χ3v) is 3.38. The molecule has 0 radical (unpaired) electrons. The summed E-state index contributed by atoms with van der Waals surface area (Å²) in [6.45, 7) is 3.67. The molecule has 1 aromatic carbocycles. The molecule has 0 unspecified atom stereocenters. The SMILES string of the molecule is Cc1noc(C)c1-c1cc(C(F)(F)F)cc2c1C=NC2. The van der Waals surface area contributed by atoms with Gasteiger partial charge in [-0.1, -0.05) is 5.16 Å². The number of hydrogen-bond donors (Lipinski definition) is 0. The first-order chi connectivity index (χ1) is 9.38. The molecule has 0 fully saturated rings. The van der Waals surface area contributed by atoms with E-state index in [0.29, 0.717) is 33.7 Å². The summed E-state index contributed by atoms with van der Waals surface area (Å²) in [5, 5.41) is 3.81. The number of nitrogens with zero attached hydrogens (tertiary/aromatic N) is 2. The molecule has 0 spiro atoms. The van der Waals surface area contributed by atoms with Crippen LogP contribution in [0.15, 0.2) is 21.6 Å². The van der Waals surface area contributed by atoms with Crippen molar-refractivity contribution >= 4 is 6.21 Å². The minimum Gasteiger partial charge on any atom is -0.361 e. The largest absolute Gasteiger partial charge is 0.416 e. The number of hydrogen-bond acceptors (Lipinski definition) is 3. The molecule has 104 valence electrons. The van der Waals surface area contributed by atoms with Gasteiger partial charge in [0.15, 0.2) is 0 Å². The van der Waals surface area contributed by atoms with Crippen LogP contribution in [-0.2, 0) is 12.7 Å². The number of aromatic nitrogens is 1. The average molecular weight is 280 g/mol. The Morgan fingerprint density at radius 3 is 2.55 bits per heavy atom. The lowest BCUT2D eigenvalue weighted by atomic mass is 9.93. The normalized spacial score (nSPS) is 13.8. The van der Waals surface area contributed by atoms with Crippen molar-refractivity contribution in [3.05, 3.63) is 40.3 Å². The summed E-state index contributed by atoms with van der Waals surface area (Å²) in [6, 6.07) is 2.30. The molecule has 1 aromatic heterocycles. The zero-order valence-corrected chi connectivity index (χ0v) is 10.9. The van der Waals surface area contributed by atoms with Crippen molar-refractivity contribution in [2.75, 3.05) is 0 Å². The second-order valence-electron chi connectivity index (χ2n) is 4.76. The number of aryl methyl sites for hydroxylation is 2. The molecule has 20 heavy (non-hydrogen) atoms. The van der Waals surface area contributed by atoms with Crippen LogP contribution in [0, 0.1) is 13.8 Å². The Balaban J connectivity index is 2.30. The zero-order chi connectivity index (χ0) is 14.5. The van der Waals surface area contributed by atoms with Crippen molar-refractivity contribution in [2.45, 2.75) is 26.6 Å². The Morgan fingerprint density at radius 2 is 1.95 bits per heavy atom. The number of rotatable bonds is 1. The van der Waals surface area contributed by atoms with E-state index in [-0.39, 0.29) is 6.54 Å². The fourth-order valence-electron chi connectivity index (χ4n) is 2.47. The maximum Gasteiger partial charge on any atom is 0.416 e. The van der Waals surface area contributed by atoms with Crippen molar-refractivity contribution in [2.24, 2.45) is 4.99 Å². The van der Waals surface area contributed by atoms with Gasteiger partial charge in [0.05, 0.1) is 17.8 Å². The molecule has 3 nitrogen and oxygen atoms in total. The second kappa shape index (κ2) is 4.19. The summed E-state index contributed by atoms with van der Waals surface area (Å²) in [4.78, 5) is 4.06. The first-order valence-corrected chi connectivity index (χ1v) is 6.05. The van der Waals surface area contributed by atoms with Gasteiger partial charge in [-0.25, -0.2) is 0 Å². The Morgan fingerprint density at radius 1 is 1.20 bits per heavy atom. The molecule has 6 heteroatoms. The number of benzene rings is 1. The van der Waals surface area contributed by atoms with Crippen LogP contribution in [0.5, 0.6) is 0 Å². The van der Waals surface area contributed by atoms with E-state index in [1.165, 1.54) is 0 Å². The predicted octanol–water partition coefficient (Wildman–Crippen LogP) is 3.91. The molecule has 2 heterocycles. The molecule has 1 aliphatic heterocycles. The topological polar surface area (TPSA) is 38.4 Å². The van der Waals surface area contributed by atoms with Gasteiger partial charge < -0.3 is 4.52 Å². The summed E-state index contributed by atoms with van der Waals surface area (Å²) >= 11 is 0. The summed E-state index contributed by atoms with van der Waals surface area (Å²) in [5.41, 5.74) is 2.29. The molecule has 0 bridgehead atoms. The first-order valence-electron chi connectivity index (χ1n) is 6.05. The highest BCUT2D eigenvalue weighted by atomic mass is 19.4. The molecule has 0 amide bonds. The van der Waals surface area contributed by atoms with Crippen LogP contribution in [0.4, 0.5) is 13.2 Å². The standard InChI is InChI=1S/C14H11F3N2O/c1-7-13(8(2)20-19-7)11-4-10(14(15,16)17)3-9-5-18-6-12(9)11/h3-4,6H,5H2,1-2H3. The van der Waals surface area contributed by atoms with E-state index in [1.54, 1.807) is 20.1 Å². The smallest absolute Gasteiger partial charge is 0.361 e. The van der Waals surface area contributed by atoms with Crippen LogP contribution in [-0.4, -0.2) is 11.4 Å². The Bertz CT molecular complexity index is 694. The van der Waals surface area contributed by atoms with Crippen LogP contribution in [0.1, 0.15) is 28.1 Å². The van der Waals surface area contributed by atoms with E-state index in [4.69, 9.17) is 4.52 Å². The molecule has 3 rings (SSSR count). The average Bonchev–Trinajstić information content (AvgIpc) is 2.94. The van der Waals surface area contributed by atoms with Crippen LogP contribution in [0.25, 0.3) is 11.1 Å². The van der Waals surface area contributed by atoms with Gasteiger partial charge in [0, 0.05) is 17.3 Å². The molecule has 2 aromatic rings. The van der Waals surface area contributed by atoms with E-state index in [9.17, 15) is 13.2 Å². The lowest BCUT2D eigenvalue weighted by Gasteiger charge is -2.13. The van der Waals surface area contributed by atoms with Crippen molar-refractivity contribution in [1.29, 1.82) is 0 Å². The van der Waals surface area contributed by atoms with Crippen molar-refractivity contribution in [1.82, 2.24) is 5.16 Å². The third kappa shape index (κ3) is 1.92. The molecule has 1 aliphatic rings. The summed E-state index contributed by atoms with van der Waals surface area (Å²) in [6.07, 6.45) is -2.78. The predicted molar refractivity (Wildman–Crippen MR) is 67.7 cm³/mol. The number of halogens is 3. The molecule has 0 N–H and O–H groups in total. The van der Waals surface area contributed by atoms with Crippen LogP contribution in [0.3, 0.4) is 0 Å². The van der Waals surface area contributed by atoms with Crippen molar-refractivity contribution in [3.8, 4) is 11.1 Å². The zero-order valence-electron chi connectivity index (χ0n) is 10.9. The van der Waals surface area contributed by atoms with Gasteiger partial charge in [0.1, 0.15) is 5.76 Å². The molecular weight excluding hydrogens is 269 g/mol. The van der Waals surface area contributed by atoms with E-state index in [1.807, 2.05) is 0 Å². The Kier molecular flexibility index (Phi) is 2.70. The van der Waals surface area contributed by atoms with E-state index < -0.39 is 11.7 Å². The fourth-order valence-corrected chi connectivity index (χ4v) is 2.47. The van der Waals surface area contributed by atoms with Gasteiger partial charge >= 0.3 is 6.18 Å². The maximum absolute atomic E-state index is 13.0. The number of aliphatic imine (C=N–C) groups is 1. The van der Waals surface area contributed by atoms with Gasteiger partial charge in [-0.15, -0.1) is 0 Å². The van der Waals surface area contributed by atoms with Crippen LogP contribution >= 0.6 is 0 Å². The quantitative estimate of drug-likeness (QED) is 0.794.